The van der Waals surface area contributed by atoms with Crippen molar-refractivity contribution >= 4 is 0 Å². The molecule has 0 saturated heterocycles. The van der Waals surface area contributed by atoms with E-state index in [0.717, 1.165) is 6.42 Å². The fourth-order valence-corrected chi connectivity index (χ4v) is 2.02. The Morgan fingerprint density at radius 2 is 1.67 bits per heavy atom. The van der Waals surface area contributed by atoms with E-state index in [9.17, 15) is 0 Å². The molecule has 1 aromatic rings. The Labute approximate surface area is 94.7 Å². The van der Waals surface area contributed by atoms with Crippen LogP contribution >= 0.6 is 0 Å². The summed E-state index contributed by atoms with van der Waals surface area (Å²) in [5.74, 6) is 1.33. The SMILES string of the molecule is CCc1ccc(C(C)C)c(C(C)CC)c1. The van der Waals surface area contributed by atoms with Crippen LogP contribution in [0.5, 0.6) is 0 Å². The summed E-state index contributed by atoms with van der Waals surface area (Å²) in [6.45, 7) is 11.4. The molecule has 0 fully saturated rings. The van der Waals surface area contributed by atoms with Gasteiger partial charge in [0.25, 0.3) is 0 Å². The maximum atomic E-state index is 2.41. The molecule has 0 aromatic heterocycles. The van der Waals surface area contributed by atoms with Crippen molar-refractivity contribution < 1.29 is 0 Å². The van der Waals surface area contributed by atoms with Crippen molar-refractivity contribution in [3.8, 4) is 0 Å². The average molecular weight is 204 g/mol. The number of hydrogen-bond acceptors (Lipinski definition) is 0. The second-order valence-electron chi connectivity index (χ2n) is 4.78. The van der Waals surface area contributed by atoms with E-state index < -0.39 is 0 Å². The van der Waals surface area contributed by atoms with Crippen molar-refractivity contribution in [3.05, 3.63) is 34.9 Å². The molecule has 0 nitrogen and oxygen atoms in total. The van der Waals surface area contributed by atoms with Gasteiger partial charge in [-0.15, -0.1) is 0 Å². The summed E-state index contributed by atoms with van der Waals surface area (Å²) in [5, 5.41) is 0. The summed E-state index contributed by atoms with van der Waals surface area (Å²) in [6.07, 6.45) is 2.37. The van der Waals surface area contributed by atoms with Gasteiger partial charge in [-0.25, -0.2) is 0 Å². The van der Waals surface area contributed by atoms with Gasteiger partial charge in [-0.2, -0.15) is 0 Å². The summed E-state index contributed by atoms with van der Waals surface area (Å²) >= 11 is 0. The van der Waals surface area contributed by atoms with Crippen molar-refractivity contribution in [3.63, 3.8) is 0 Å². The third-order valence-electron chi connectivity index (χ3n) is 3.32. The molecule has 1 atom stereocenters. The smallest absolute Gasteiger partial charge is 0.0190 e. The van der Waals surface area contributed by atoms with Crippen LogP contribution in [-0.2, 0) is 6.42 Å². The molecule has 0 heteroatoms. The zero-order chi connectivity index (χ0) is 11.4. The Morgan fingerprint density at radius 3 is 2.13 bits per heavy atom. The molecule has 0 aliphatic carbocycles. The quantitative estimate of drug-likeness (QED) is 0.655. The number of hydrogen-bond donors (Lipinski definition) is 0. The van der Waals surface area contributed by atoms with Gasteiger partial charge in [0.05, 0.1) is 0 Å². The molecule has 0 bridgehead atoms. The first-order valence-corrected chi connectivity index (χ1v) is 6.22. The summed E-state index contributed by atoms with van der Waals surface area (Å²) in [4.78, 5) is 0. The van der Waals surface area contributed by atoms with E-state index in [1.54, 1.807) is 5.56 Å². The van der Waals surface area contributed by atoms with Crippen LogP contribution in [0.2, 0.25) is 0 Å². The number of aryl methyl sites for hydroxylation is 1. The summed E-state index contributed by atoms with van der Waals surface area (Å²) in [6, 6.07) is 7.01. The van der Waals surface area contributed by atoms with Crippen molar-refractivity contribution in [2.24, 2.45) is 0 Å². The zero-order valence-corrected chi connectivity index (χ0v) is 10.8. The van der Waals surface area contributed by atoms with Crippen LogP contribution < -0.4 is 0 Å². The molecule has 0 aliphatic rings. The first-order valence-electron chi connectivity index (χ1n) is 6.22. The predicted molar refractivity (Wildman–Crippen MR) is 68.6 cm³/mol. The maximum Gasteiger partial charge on any atom is -0.0190 e. The van der Waals surface area contributed by atoms with Crippen LogP contribution in [0.4, 0.5) is 0 Å². The standard InChI is InChI=1S/C15H24/c1-6-12(5)15-10-13(7-2)8-9-14(15)11(3)4/h8-12H,6-7H2,1-5H3. The topological polar surface area (TPSA) is 0 Å². The Bertz CT molecular complexity index is 310. The van der Waals surface area contributed by atoms with E-state index >= 15 is 0 Å². The van der Waals surface area contributed by atoms with E-state index in [-0.39, 0.29) is 0 Å². The molecule has 0 N–H and O–H groups in total. The molecular formula is C15H24. The van der Waals surface area contributed by atoms with Gasteiger partial charge in [0, 0.05) is 0 Å². The molecule has 0 radical (unpaired) electrons. The third kappa shape index (κ3) is 2.84. The summed E-state index contributed by atoms with van der Waals surface area (Å²) in [7, 11) is 0. The van der Waals surface area contributed by atoms with E-state index in [1.807, 2.05) is 0 Å². The molecular weight excluding hydrogens is 180 g/mol. The molecule has 1 aromatic carbocycles. The Hall–Kier alpha value is -0.780. The lowest BCUT2D eigenvalue weighted by atomic mass is 9.87. The Morgan fingerprint density at radius 1 is 1.00 bits per heavy atom. The lowest BCUT2D eigenvalue weighted by molar-refractivity contribution is 0.706. The van der Waals surface area contributed by atoms with Gasteiger partial charge in [-0.05, 0) is 41.4 Å². The van der Waals surface area contributed by atoms with Crippen LogP contribution in [0.3, 0.4) is 0 Å². The highest BCUT2D eigenvalue weighted by atomic mass is 14.2. The van der Waals surface area contributed by atoms with E-state index in [1.165, 1.54) is 17.5 Å². The van der Waals surface area contributed by atoms with Crippen LogP contribution in [-0.4, -0.2) is 0 Å². The van der Waals surface area contributed by atoms with E-state index in [4.69, 9.17) is 0 Å². The first-order chi connectivity index (χ1) is 7.10. The van der Waals surface area contributed by atoms with Crippen molar-refractivity contribution in [2.75, 3.05) is 0 Å². The van der Waals surface area contributed by atoms with Gasteiger partial charge in [-0.1, -0.05) is 52.8 Å². The van der Waals surface area contributed by atoms with Gasteiger partial charge in [0.2, 0.25) is 0 Å². The second-order valence-corrected chi connectivity index (χ2v) is 4.78. The minimum atomic E-state index is 0.639. The maximum absolute atomic E-state index is 2.41. The van der Waals surface area contributed by atoms with Crippen LogP contribution in [0.15, 0.2) is 18.2 Å². The average Bonchev–Trinajstić information content (AvgIpc) is 2.26. The highest BCUT2D eigenvalue weighted by molar-refractivity contribution is 5.36. The van der Waals surface area contributed by atoms with Crippen molar-refractivity contribution in [1.82, 2.24) is 0 Å². The predicted octanol–water partition coefficient (Wildman–Crippen LogP) is 4.89. The van der Waals surface area contributed by atoms with Crippen LogP contribution in [0.1, 0.15) is 69.6 Å². The zero-order valence-electron chi connectivity index (χ0n) is 10.8. The Balaban J connectivity index is 3.16. The first kappa shape index (κ1) is 12.3. The minimum absolute atomic E-state index is 0.639. The molecule has 0 amide bonds. The molecule has 15 heavy (non-hydrogen) atoms. The third-order valence-corrected chi connectivity index (χ3v) is 3.32. The molecule has 0 aliphatic heterocycles. The largest absolute Gasteiger partial charge is 0.0648 e. The molecule has 1 unspecified atom stereocenters. The molecule has 0 heterocycles. The molecule has 84 valence electrons. The fourth-order valence-electron chi connectivity index (χ4n) is 2.02. The van der Waals surface area contributed by atoms with E-state index in [2.05, 4.69) is 52.8 Å². The number of rotatable bonds is 4. The molecule has 0 spiro atoms. The van der Waals surface area contributed by atoms with Crippen molar-refractivity contribution in [1.29, 1.82) is 0 Å². The Kier molecular flexibility index (Phi) is 4.38. The van der Waals surface area contributed by atoms with Crippen LogP contribution in [0, 0.1) is 0 Å². The second kappa shape index (κ2) is 5.34. The van der Waals surface area contributed by atoms with Gasteiger partial charge < -0.3 is 0 Å². The lowest BCUT2D eigenvalue weighted by Gasteiger charge is -2.18. The van der Waals surface area contributed by atoms with Crippen LogP contribution in [0.25, 0.3) is 0 Å². The van der Waals surface area contributed by atoms with Gasteiger partial charge in [0.1, 0.15) is 0 Å². The normalized spacial score (nSPS) is 13.2. The highest BCUT2D eigenvalue weighted by Crippen LogP contribution is 2.29. The summed E-state index contributed by atoms with van der Waals surface area (Å²) in [5.41, 5.74) is 4.56. The van der Waals surface area contributed by atoms with Gasteiger partial charge in [0.15, 0.2) is 0 Å². The van der Waals surface area contributed by atoms with Crippen molar-refractivity contribution in [2.45, 2.75) is 59.3 Å². The molecule has 1 rings (SSSR count). The number of benzene rings is 1. The fraction of sp³-hybridized carbons (Fsp3) is 0.600. The van der Waals surface area contributed by atoms with E-state index in [0.29, 0.717) is 11.8 Å². The van der Waals surface area contributed by atoms with Gasteiger partial charge >= 0.3 is 0 Å². The molecule has 0 saturated carbocycles. The lowest BCUT2D eigenvalue weighted by Crippen LogP contribution is -2.01. The summed E-state index contributed by atoms with van der Waals surface area (Å²) < 4.78 is 0. The minimum Gasteiger partial charge on any atom is -0.0648 e. The monoisotopic (exact) mass is 204 g/mol. The highest BCUT2D eigenvalue weighted by Gasteiger charge is 2.11. The van der Waals surface area contributed by atoms with Gasteiger partial charge in [-0.3, -0.25) is 0 Å².